The highest BCUT2D eigenvalue weighted by Crippen LogP contribution is 2.25. The number of unbranched alkanes of at least 4 members (excludes halogenated alkanes) is 1. The van der Waals surface area contributed by atoms with Crippen molar-refractivity contribution < 1.29 is 24.0 Å². The van der Waals surface area contributed by atoms with E-state index in [-0.39, 0.29) is 48.5 Å². The number of carboxylic acid groups (broad SMARTS) is 1. The number of allylic oxidation sites excluding steroid dienone is 2. The first kappa shape index (κ1) is 40.9. The van der Waals surface area contributed by atoms with Gasteiger partial charge in [-0.1, -0.05) is 80.2 Å². The van der Waals surface area contributed by atoms with E-state index in [0.29, 0.717) is 25.5 Å². The van der Waals surface area contributed by atoms with Gasteiger partial charge < -0.3 is 21.3 Å². The van der Waals surface area contributed by atoms with Crippen LogP contribution in [0, 0.1) is 5.92 Å². The number of carbonyl (C=O) groups excluding carboxylic acids is 1. The monoisotopic (exact) mass is 683 g/mol. The van der Waals surface area contributed by atoms with Crippen LogP contribution in [0.4, 0.5) is 0 Å². The maximum absolute atomic E-state index is 12.1. The number of fused-ring (bicyclic) bond motifs is 1. The summed E-state index contributed by atoms with van der Waals surface area (Å²) in [6, 6.07) is 9.35. The summed E-state index contributed by atoms with van der Waals surface area (Å²) < 4.78 is 11.9. The highest BCUT2D eigenvalue weighted by molar-refractivity contribution is 5.85. The molecule has 13 heteroatoms. The molecule has 46 heavy (non-hydrogen) atoms. The van der Waals surface area contributed by atoms with Gasteiger partial charge in [-0.15, -0.1) is 24.8 Å². The number of nitrogens with two attached hydrogens (primary N) is 2. The fourth-order valence-electron chi connectivity index (χ4n) is 5.47. The molecule has 2 aliphatic heterocycles. The first-order valence-corrected chi connectivity index (χ1v) is 16.0. The maximum atomic E-state index is 12.1. The number of nitrogens with zero attached hydrogens (tertiary/aromatic N) is 3. The summed E-state index contributed by atoms with van der Waals surface area (Å²) >= 11 is 0. The summed E-state index contributed by atoms with van der Waals surface area (Å²) in [4.78, 5) is 39.0. The van der Waals surface area contributed by atoms with Crippen molar-refractivity contribution in [3.8, 4) is 0 Å². The van der Waals surface area contributed by atoms with E-state index in [1.54, 1.807) is 4.57 Å². The number of rotatable bonds is 13. The number of halogens is 2. The van der Waals surface area contributed by atoms with E-state index in [9.17, 15) is 14.4 Å². The van der Waals surface area contributed by atoms with Gasteiger partial charge in [-0.2, -0.15) is 0 Å². The van der Waals surface area contributed by atoms with Crippen molar-refractivity contribution in [2.75, 3.05) is 0 Å². The first-order chi connectivity index (χ1) is 21.2. The molecule has 11 nitrogen and oxygen atoms in total. The summed E-state index contributed by atoms with van der Waals surface area (Å²) in [7, 11) is 0. The minimum Gasteiger partial charge on any atom is -0.480 e. The predicted molar refractivity (Wildman–Crippen MR) is 184 cm³/mol. The van der Waals surface area contributed by atoms with Gasteiger partial charge in [0.15, 0.2) is 5.82 Å². The van der Waals surface area contributed by atoms with Crippen LogP contribution in [-0.4, -0.2) is 44.7 Å². The molecule has 2 aliphatic rings. The molecular formula is C33H51Cl2N5O6. The number of amidine groups is 1. The smallest absolute Gasteiger partial charge is 0.441 e. The highest BCUT2D eigenvalue weighted by Gasteiger charge is 2.22. The van der Waals surface area contributed by atoms with Gasteiger partial charge in [0.1, 0.15) is 12.6 Å². The number of aliphatic carboxylic acids is 1. The standard InChI is InChI=1S/C21H26N2O4.C12H23N3O2.2ClH/c1-16(20(24)26-15-17-10-3-2-4-11-17)9-5-6-12-18-13-7-8-14-19-22-27-21(25)23(18)19;13-10(12(16)17)7-3-1-5-9-6-2-4-8-11(14)15-9;;/h2-6,10-11,16,18H,7-9,12-15H2,1H3;9-10H,1-8,13H2,(H2,14,15)(H,16,17);2*1H/b6-5-;;;/t16-,18-;9-,10-;;/m00../s1. The number of aryl methyl sites for hydroxylation is 1. The van der Waals surface area contributed by atoms with Crippen LogP contribution in [0.1, 0.15) is 108 Å². The molecule has 0 saturated carbocycles. The van der Waals surface area contributed by atoms with Crippen LogP contribution < -0.4 is 17.2 Å². The molecule has 3 heterocycles. The molecule has 0 amide bonds. The molecule has 5 N–H and O–H groups in total. The second-order valence-electron chi connectivity index (χ2n) is 11.8. The van der Waals surface area contributed by atoms with Crippen LogP contribution in [0.5, 0.6) is 0 Å². The molecule has 0 aliphatic carbocycles. The molecular weight excluding hydrogens is 633 g/mol. The molecule has 4 rings (SSSR count). The van der Waals surface area contributed by atoms with Gasteiger partial charge in [0.05, 0.1) is 17.8 Å². The van der Waals surface area contributed by atoms with Gasteiger partial charge in [0, 0.05) is 18.9 Å². The quantitative estimate of drug-likeness (QED) is 0.131. The Morgan fingerprint density at radius 2 is 1.80 bits per heavy atom. The Bertz CT molecular complexity index is 1280. The van der Waals surface area contributed by atoms with Gasteiger partial charge in [0.25, 0.3) is 0 Å². The number of esters is 1. The van der Waals surface area contributed by atoms with Crippen molar-refractivity contribution in [1.29, 1.82) is 0 Å². The minimum absolute atomic E-state index is 0. The van der Waals surface area contributed by atoms with Crippen LogP contribution in [0.25, 0.3) is 0 Å². The second kappa shape index (κ2) is 22.4. The number of carbonyl (C=O) groups is 2. The summed E-state index contributed by atoms with van der Waals surface area (Å²) in [5.74, 6) is -0.170. The van der Waals surface area contributed by atoms with E-state index >= 15 is 0 Å². The third-order valence-corrected chi connectivity index (χ3v) is 8.14. The fourth-order valence-corrected chi connectivity index (χ4v) is 5.47. The number of aromatic nitrogens is 2. The number of ether oxygens (including phenoxy) is 1. The van der Waals surface area contributed by atoms with Crippen molar-refractivity contribution in [2.45, 2.75) is 122 Å². The summed E-state index contributed by atoms with van der Waals surface area (Å²) in [6.07, 6.45) is 16.9. The average molecular weight is 685 g/mol. The zero-order chi connectivity index (χ0) is 31.7. The largest absolute Gasteiger partial charge is 0.480 e. The molecule has 0 saturated heterocycles. The Labute approximate surface area is 284 Å². The predicted octanol–water partition coefficient (Wildman–Crippen LogP) is 5.92. The minimum atomic E-state index is -0.915. The number of carboxylic acids is 1. The fraction of sp³-hybridized carbons (Fsp3) is 0.606. The second-order valence-corrected chi connectivity index (χ2v) is 11.8. The molecule has 0 spiro atoms. The molecule has 4 atom stereocenters. The molecule has 1 aromatic carbocycles. The van der Waals surface area contributed by atoms with Crippen molar-refractivity contribution >= 4 is 42.6 Å². The number of hydrogen-bond acceptors (Lipinski definition) is 9. The van der Waals surface area contributed by atoms with Crippen LogP contribution in [-0.2, 0) is 27.4 Å². The maximum Gasteiger partial charge on any atom is 0.441 e. The molecule has 0 fully saturated rings. The summed E-state index contributed by atoms with van der Waals surface area (Å²) in [5.41, 5.74) is 12.2. The van der Waals surface area contributed by atoms with Gasteiger partial charge in [-0.25, -0.2) is 4.79 Å². The lowest BCUT2D eigenvalue weighted by atomic mass is 10.0. The summed E-state index contributed by atoms with van der Waals surface area (Å²) in [5, 5.41) is 12.5. The number of benzene rings is 1. The normalized spacial score (nSPS) is 19.0. The molecule has 2 aromatic rings. The van der Waals surface area contributed by atoms with Crippen molar-refractivity contribution in [3.63, 3.8) is 0 Å². The number of hydrogen-bond donors (Lipinski definition) is 3. The van der Waals surface area contributed by atoms with Gasteiger partial charge in [0.2, 0.25) is 0 Å². The van der Waals surface area contributed by atoms with E-state index in [2.05, 4.69) is 10.1 Å². The lowest BCUT2D eigenvalue weighted by Gasteiger charge is -2.13. The Morgan fingerprint density at radius 3 is 2.54 bits per heavy atom. The van der Waals surface area contributed by atoms with E-state index in [1.807, 2.05) is 49.4 Å². The van der Waals surface area contributed by atoms with Gasteiger partial charge in [-0.3, -0.25) is 23.7 Å². The third-order valence-electron chi connectivity index (χ3n) is 8.14. The first-order valence-electron chi connectivity index (χ1n) is 16.0. The van der Waals surface area contributed by atoms with Crippen LogP contribution >= 0.6 is 24.8 Å². The SMILES string of the molecule is C[C@@H](C/C=C\C[C@H]1CCCCc2noc(=O)n21)C(=O)OCc1ccccc1.Cl.Cl.NC1=N[C@@H](CCCC[C@H](N)C(=O)O)CCCC1. The van der Waals surface area contributed by atoms with E-state index in [0.717, 1.165) is 87.9 Å². The van der Waals surface area contributed by atoms with Crippen molar-refractivity contribution in [1.82, 2.24) is 9.72 Å². The van der Waals surface area contributed by atoms with Crippen molar-refractivity contribution in [3.05, 3.63) is 64.4 Å². The average Bonchev–Trinajstić information content (AvgIpc) is 3.15. The Morgan fingerprint density at radius 1 is 1.09 bits per heavy atom. The Balaban J connectivity index is 0.000000486. The Kier molecular flexibility index (Phi) is 19.9. The summed E-state index contributed by atoms with van der Waals surface area (Å²) in [6.45, 7) is 2.17. The zero-order valence-corrected chi connectivity index (χ0v) is 28.4. The van der Waals surface area contributed by atoms with Gasteiger partial charge in [-0.05, 0) is 56.9 Å². The zero-order valence-electron chi connectivity index (χ0n) is 26.8. The van der Waals surface area contributed by atoms with E-state index in [4.69, 9.17) is 25.8 Å². The van der Waals surface area contributed by atoms with E-state index in [1.165, 1.54) is 6.42 Å². The Hall–Kier alpha value is -3.15. The third kappa shape index (κ3) is 14.5. The lowest BCUT2D eigenvalue weighted by Crippen LogP contribution is -2.29. The molecule has 0 unspecified atom stereocenters. The highest BCUT2D eigenvalue weighted by atomic mass is 35.5. The van der Waals surface area contributed by atoms with Crippen LogP contribution in [0.15, 0.2) is 56.8 Å². The van der Waals surface area contributed by atoms with E-state index < -0.39 is 12.0 Å². The number of aliphatic imine (C=N–C) groups is 1. The van der Waals surface area contributed by atoms with Crippen molar-refractivity contribution in [2.24, 2.45) is 22.4 Å². The lowest BCUT2D eigenvalue weighted by molar-refractivity contribution is -0.149. The molecule has 1 aromatic heterocycles. The van der Waals surface area contributed by atoms with Crippen LogP contribution in [0.2, 0.25) is 0 Å². The van der Waals surface area contributed by atoms with Gasteiger partial charge >= 0.3 is 17.7 Å². The molecule has 258 valence electrons. The molecule has 0 radical (unpaired) electrons. The topological polar surface area (TPSA) is 176 Å². The molecule has 0 bridgehead atoms. The van der Waals surface area contributed by atoms with Crippen LogP contribution in [0.3, 0.4) is 0 Å².